The second-order valence-electron chi connectivity index (χ2n) is 5.44. The van der Waals surface area contributed by atoms with Crippen LogP contribution < -0.4 is 10.1 Å². The molecule has 0 aliphatic rings. The lowest BCUT2D eigenvalue weighted by atomic mass is 9.83. The Morgan fingerprint density at radius 1 is 1.14 bits per heavy atom. The normalized spacial score (nSPS) is 11.1. The van der Waals surface area contributed by atoms with Crippen LogP contribution in [0.15, 0.2) is 42.5 Å². The third-order valence-corrected chi connectivity index (χ3v) is 4.05. The minimum Gasteiger partial charge on any atom is -0.495 e. The molecule has 2 aromatic carbocycles. The van der Waals surface area contributed by atoms with Crippen LogP contribution in [0.4, 0.5) is 5.69 Å². The standard InChI is InChI=1S/C17H17Cl2NO2/c1-17(2,11-5-4-6-12(18)9-11)16(21)20-13-7-8-15(22-3)14(19)10-13/h4-10H,1-3H3,(H,20,21). The van der Waals surface area contributed by atoms with Crippen molar-refractivity contribution in [3.8, 4) is 5.75 Å². The van der Waals surface area contributed by atoms with Gasteiger partial charge in [-0.25, -0.2) is 0 Å². The highest BCUT2D eigenvalue weighted by molar-refractivity contribution is 6.32. The number of nitrogens with one attached hydrogen (secondary N) is 1. The molecule has 0 atom stereocenters. The SMILES string of the molecule is COc1ccc(NC(=O)C(C)(C)c2cccc(Cl)c2)cc1Cl. The Bertz CT molecular complexity index is 699. The molecule has 1 N–H and O–H groups in total. The smallest absolute Gasteiger partial charge is 0.234 e. The highest BCUT2D eigenvalue weighted by atomic mass is 35.5. The van der Waals surface area contributed by atoms with E-state index < -0.39 is 5.41 Å². The van der Waals surface area contributed by atoms with Crippen LogP contribution >= 0.6 is 23.2 Å². The van der Waals surface area contributed by atoms with Crippen LogP contribution in [0.1, 0.15) is 19.4 Å². The Morgan fingerprint density at radius 2 is 1.86 bits per heavy atom. The molecule has 0 aromatic heterocycles. The van der Waals surface area contributed by atoms with Gasteiger partial charge in [0.05, 0.1) is 17.5 Å². The zero-order valence-electron chi connectivity index (χ0n) is 12.6. The minimum atomic E-state index is -0.725. The van der Waals surface area contributed by atoms with E-state index in [0.29, 0.717) is 21.5 Å². The maximum Gasteiger partial charge on any atom is 0.234 e. The number of ether oxygens (including phenoxy) is 1. The Hall–Kier alpha value is -1.71. The number of hydrogen-bond acceptors (Lipinski definition) is 2. The van der Waals surface area contributed by atoms with Crippen LogP contribution in [0.2, 0.25) is 10.0 Å². The molecule has 2 aromatic rings. The summed E-state index contributed by atoms with van der Waals surface area (Å²) in [5, 5.41) is 3.92. The van der Waals surface area contributed by atoms with Crippen molar-refractivity contribution in [1.82, 2.24) is 0 Å². The van der Waals surface area contributed by atoms with Crippen molar-refractivity contribution in [3.05, 3.63) is 58.1 Å². The Balaban J connectivity index is 2.22. The number of methoxy groups -OCH3 is 1. The van der Waals surface area contributed by atoms with E-state index in [-0.39, 0.29) is 5.91 Å². The quantitative estimate of drug-likeness (QED) is 0.859. The van der Waals surface area contributed by atoms with Crippen LogP contribution in [0.25, 0.3) is 0 Å². The topological polar surface area (TPSA) is 38.3 Å². The molecule has 0 saturated carbocycles. The number of halogens is 2. The lowest BCUT2D eigenvalue weighted by Crippen LogP contribution is -2.34. The van der Waals surface area contributed by atoms with Crippen LogP contribution in [-0.4, -0.2) is 13.0 Å². The number of amides is 1. The van der Waals surface area contributed by atoms with Gasteiger partial charge in [0, 0.05) is 10.7 Å². The molecule has 0 heterocycles. The molecule has 0 unspecified atom stereocenters. The average Bonchev–Trinajstić information content (AvgIpc) is 2.47. The third kappa shape index (κ3) is 3.54. The van der Waals surface area contributed by atoms with Gasteiger partial charge in [-0.2, -0.15) is 0 Å². The third-order valence-electron chi connectivity index (χ3n) is 3.52. The summed E-state index contributed by atoms with van der Waals surface area (Å²) < 4.78 is 5.10. The molecule has 0 bridgehead atoms. The van der Waals surface area contributed by atoms with Gasteiger partial charge < -0.3 is 10.1 Å². The first-order chi connectivity index (χ1) is 10.3. The number of benzene rings is 2. The number of carbonyl (C=O) groups is 1. The van der Waals surface area contributed by atoms with Gasteiger partial charge in [0.25, 0.3) is 0 Å². The number of rotatable bonds is 4. The fourth-order valence-corrected chi connectivity index (χ4v) is 2.49. The van der Waals surface area contributed by atoms with Crippen molar-refractivity contribution < 1.29 is 9.53 Å². The van der Waals surface area contributed by atoms with Gasteiger partial charge in [-0.05, 0) is 49.7 Å². The van der Waals surface area contributed by atoms with Gasteiger partial charge >= 0.3 is 0 Å². The van der Waals surface area contributed by atoms with Gasteiger partial charge in [0.2, 0.25) is 5.91 Å². The summed E-state index contributed by atoms with van der Waals surface area (Å²) in [6.07, 6.45) is 0. The second kappa shape index (κ2) is 6.59. The van der Waals surface area contributed by atoms with Crippen molar-refractivity contribution in [2.45, 2.75) is 19.3 Å². The molecule has 3 nitrogen and oxygen atoms in total. The maximum absolute atomic E-state index is 12.6. The van der Waals surface area contributed by atoms with Crippen LogP contribution in [0.5, 0.6) is 5.75 Å². The molecule has 0 aliphatic heterocycles. The first-order valence-corrected chi connectivity index (χ1v) is 7.51. The van der Waals surface area contributed by atoms with E-state index in [1.165, 1.54) is 0 Å². The van der Waals surface area contributed by atoms with Crippen molar-refractivity contribution in [3.63, 3.8) is 0 Å². The fraction of sp³-hybridized carbons (Fsp3) is 0.235. The van der Waals surface area contributed by atoms with E-state index in [0.717, 1.165) is 5.56 Å². The van der Waals surface area contributed by atoms with Gasteiger partial charge in [-0.1, -0.05) is 35.3 Å². The van der Waals surface area contributed by atoms with Crippen molar-refractivity contribution in [1.29, 1.82) is 0 Å². The largest absolute Gasteiger partial charge is 0.495 e. The predicted molar refractivity (Wildman–Crippen MR) is 91.1 cm³/mol. The first kappa shape index (κ1) is 16.7. The summed E-state index contributed by atoms with van der Waals surface area (Å²) >= 11 is 12.1. The Morgan fingerprint density at radius 3 is 2.45 bits per heavy atom. The molecule has 116 valence electrons. The van der Waals surface area contributed by atoms with Gasteiger partial charge in [0.15, 0.2) is 0 Å². The van der Waals surface area contributed by atoms with Crippen molar-refractivity contribution in [2.24, 2.45) is 0 Å². The fourth-order valence-electron chi connectivity index (χ4n) is 2.04. The highest BCUT2D eigenvalue weighted by Gasteiger charge is 2.30. The van der Waals surface area contributed by atoms with Crippen LogP contribution in [0, 0.1) is 0 Å². The first-order valence-electron chi connectivity index (χ1n) is 6.75. The number of anilines is 1. The van der Waals surface area contributed by atoms with Crippen LogP contribution in [-0.2, 0) is 10.2 Å². The summed E-state index contributed by atoms with van der Waals surface area (Å²) in [6.45, 7) is 3.69. The molecular formula is C17H17Cl2NO2. The average molecular weight is 338 g/mol. The Labute approximate surface area is 140 Å². The molecular weight excluding hydrogens is 321 g/mol. The molecule has 5 heteroatoms. The molecule has 22 heavy (non-hydrogen) atoms. The van der Waals surface area contributed by atoms with Crippen LogP contribution in [0.3, 0.4) is 0 Å². The summed E-state index contributed by atoms with van der Waals surface area (Å²) in [5.41, 5.74) is 0.736. The summed E-state index contributed by atoms with van der Waals surface area (Å²) in [5.74, 6) is 0.421. The van der Waals surface area contributed by atoms with E-state index in [2.05, 4.69) is 5.32 Å². The summed E-state index contributed by atoms with van der Waals surface area (Å²) in [4.78, 5) is 12.6. The van der Waals surface area contributed by atoms with E-state index in [9.17, 15) is 4.79 Å². The highest BCUT2D eigenvalue weighted by Crippen LogP contribution is 2.30. The van der Waals surface area contributed by atoms with Crippen molar-refractivity contribution in [2.75, 3.05) is 12.4 Å². The number of hydrogen-bond donors (Lipinski definition) is 1. The van der Waals surface area contributed by atoms with Gasteiger partial charge in [-0.3, -0.25) is 4.79 Å². The zero-order chi connectivity index (χ0) is 16.3. The molecule has 0 saturated heterocycles. The van der Waals surface area contributed by atoms with Crippen molar-refractivity contribution >= 4 is 34.8 Å². The molecule has 0 radical (unpaired) electrons. The van der Waals surface area contributed by atoms with Gasteiger partial charge in [-0.15, -0.1) is 0 Å². The molecule has 0 aliphatic carbocycles. The zero-order valence-corrected chi connectivity index (χ0v) is 14.1. The van der Waals surface area contributed by atoms with E-state index in [4.69, 9.17) is 27.9 Å². The molecule has 2 rings (SSSR count). The lowest BCUT2D eigenvalue weighted by Gasteiger charge is -2.24. The summed E-state index contributed by atoms with van der Waals surface area (Å²) in [6, 6.07) is 12.4. The monoisotopic (exact) mass is 337 g/mol. The van der Waals surface area contributed by atoms with Gasteiger partial charge in [0.1, 0.15) is 5.75 Å². The van der Waals surface area contributed by atoms with E-state index >= 15 is 0 Å². The minimum absolute atomic E-state index is 0.143. The number of carbonyl (C=O) groups excluding carboxylic acids is 1. The molecule has 1 amide bonds. The summed E-state index contributed by atoms with van der Waals surface area (Å²) in [7, 11) is 1.54. The molecule has 0 spiro atoms. The second-order valence-corrected chi connectivity index (χ2v) is 6.28. The van der Waals surface area contributed by atoms with E-state index in [1.54, 1.807) is 37.4 Å². The Kier molecular flexibility index (Phi) is 4.99. The lowest BCUT2D eigenvalue weighted by molar-refractivity contribution is -0.120. The maximum atomic E-state index is 12.6. The van der Waals surface area contributed by atoms with E-state index in [1.807, 2.05) is 26.0 Å². The molecule has 0 fully saturated rings. The predicted octanol–water partition coefficient (Wildman–Crippen LogP) is 4.92.